The maximum Gasteiger partial charge on any atom is 0.296 e. The van der Waals surface area contributed by atoms with E-state index in [1.807, 2.05) is 36.4 Å². The highest BCUT2D eigenvalue weighted by Gasteiger charge is 2.48. The molecule has 0 bridgehead atoms. The number of nitriles is 1. The third-order valence-corrected chi connectivity index (χ3v) is 9.76. The number of pyridine rings is 1. The van der Waals surface area contributed by atoms with Crippen molar-refractivity contribution in [2.24, 2.45) is 0 Å². The zero-order valence-electron chi connectivity index (χ0n) is 23.8. The van der Waals surface area contributed by atoms with Crippen molar-refractivity contribution in [1.82, 2.24) is 15.0 Å². The van der Waals surface area contributed by atoms with Crippen molar-refractivity contribution in [2.45, 2.75) is 56.7 Å². The monoisotopic (exact) mass is 604 g/mol. The molecule has 0 unspecified atom stereocenters. The summed E-state index contributed by atoms with van der Waals surface area (Å²) in [5, 5.41) is 19.7. The molecular formula is C31H33ClN4O5Si. The van der Waals surface area contributed by atoms with Gasteiger partial charge in [-0.15, -0.1) is 0 Å². The molecule has 0 aliphatic carbocycles. The zero-order valence-corrected chi connectivity index (χ0v) is 25.5. The van der Waals surface area contributed by atoms with Crippen LogP contribution in [0.15, 0.2) is 48.5 Å². The third-order valence-electron chi connectivity index (χ3n) is 7.65. The summed E-state index contributed by atoms with van der Waals surface area (Å²) in [7, 11) is -1.27. The normalized spacial score (nSPS) is 21.9. The van der Waals surface area contributed by atoms with Crippen molar-refractivity contribution in [3.05, 3.63) is 64.7 Å². The van der Waals surface area contributed by atoms with Crippen LogP contribution in [0, 0.1) is 11.3 Å². The molecule has 6 rings (SSSR count). The van der Waals surface area contributed by atoms with Gasteiger partial charge in [0.25, 0.3) is 6.01 Å². The summed E-state index contributed by atoms with van der Waals surface area (Å²) in [6, 6.07) is 18.9. The van der Waals surface area contributed by atoms with Crippen molar-refractivity contribution >= 4 is 30.8 Å². The number of H-pyrrole nitrogens is 1. The summed E-state index contributed by atoms with van der Waals surface area (Å²) in [4.78, 5) is 12.7. The lowest BCUT2D eigenvalue weighted by molar-refractivity contribution is 0.00705. The Balaban J connectivity index is 1.31. The van der Waals surface area contributed by atoms with Gasteiger partial charge in [-0.05, 0) is 29.3 Å². The second-order valence-electron chi connectivity index (χ2n) is 11.9. The molecule has 4 atom stereocenters. The van der Waals surface area contributed by atoms with Gasteiger partial charge in [0.1, 0.15) is 18.3 Å². The molecule has 2 N–H and O–H groups in total. The van der Waals surface area contributed by atoms with Gasteiger partial charge in [-0.3, -0.25) is 0 Å². The van der Waals surface area contributed by atoms with Gasteiger partial charge in [0.15, 0.2) is 11.8 Å². The van der Waals surface area contributed by atoms with Crippen molar-refractivity contribution in [3.63, 3.8) is 0 Å². The van der Waals surface area contributed by atoms with Crippen LogP contribution in [-0.2, 0) is 20.8 Å². The first-order chi connectivity index (χ1) is 20.2. The molecule has 2 aliphatic heterocycles. The summed E-state index contributed by atoms with van der Waals surface area (Å²) in [6.45, 7) is 8.40. The number of aromatic amines is 1. The largest absolute Gasteiger partial charge is 0.456 e. The first kappa shape index (κ1) is 28.8. The quantitative estimate of drug-likeness (QED) is 0.188. The molecule has 11 heteroatoms. The lowest BCUT2D eigenvalue weighted by atomic mass is 10.0. The molecule has 42 heavy (non-hydrogen) atoms. The second kappa shape index (κ2) is 11.8. The van der Waals surface area contributed by atoms with Crippen LogP contribution >= 0.6 is 11.6 Å². The van der Waals surface area contributed by atoms with Gasteiger partial charge in [-0.2, -0.15) is 10.2 Å². The van der Waals surface area contributed by atoms with Crippen LogP contribution < -0.4 is 4.74 Å². The fourth-order valence-corrected chi connectivity index (χ4v) is 6.28. The minimum absolute atomic E-state index is 0.221. The number of rotatable bonds is 9. The van der Waals surface area contributed by atoms with Gasteiger partial charge in [-0.25, -0.2) is 4.98 Å². The molecule has 9 nitrogen and oxygen atoms in total. The summed E-state index contributed by atoms with van der Waals surface area (Å²) < 4.78 is 23.7. The van der Waals surface area contributed by atoms with E-state index < -0.39 is 26.4 Å². The van der Waals surface area contributed by atoms with E-state index in [0.717, 1.165) is 28.3 Å². The summed E-state index contributed by atoms with van der Waals surface area (Å²) >= 11 is 7.03. The number of halogens is 1. The molecule has 2 fully saturated rings. The number of fused-ring (bicyclic) bond motifs is 2. The van der Waals surface area contributed by atoms with Crippen LogP contribution in [0.3, 0.4) is 0 Å². The van der Waals surface area contributed by atoms with Gasteiger partial charge in [-0.1, -0.05) is 67.6 Å². The summed E-state index contributed by atoms with van der Waals surface area (Å²) in [5.41, 5.74) is 5.97. The number of ether oxygens (including phenoxy) is 4. The number of aliphatic hydroxyl groups excluding tert-OH is 1. The van der Waals surface area contributed by atoms with Gasteiger partial charge in [0.2, 0.25) is 0 Å². The predicted octanol–water partition coefficient (Wildman–Crippen LogP) is 5.58. The Morgan fingerprint density at radius 2 is 1.67 bits per heavy atom. The highest BCUT2D eigenvalue weighted by Crippen LogP contribution is 2.36. The van der Waals surface area contributed by atoms with E-state index in [1.165, 1.54) is 0 Å². The number of nitrogens with one attached hydrogen (secondary N) is 1. The van der Waals surface area contributed by atoms with Crippen LogP contribution in [-0.4, -0.2) is 72.4 Å². The Labute approximate surface area is 250 Å². The zero-order chi connectivity index (χ0) is 29.4. The van der Waals surface area contributed by atoms with E-state index in [2.05, 4.69) is 35.7 Å². The van der Waals surface area contributed by atoms with Gasteiger partial charge in [0, 0.05) is 25.8 Å². The number of nitrogens with zero attached hydrogens (tertiary/aromatic N) is 3. The van der Waals surface area contributed by atoms with E-state index in [0.29, 0.717) is 47.3 Å². The van der Waals surface area contributed by atoms with Crippen molar-refractivity contribution in [3.8, 4) is 34.5 Å². The highest BCUT2D eigenvalue weighted by atomic mass is 35.5. The van der Waals surface area contributed by atoms with Crippen molar-refractivity contribution in [2.75, 3.05) is 19.8 Å². The van der Waals surface area contributed by atoms with Crippen molar-refractivity contribution in [1.29, 1.82) is 5.26 Å². The van der Waals surface area contributed by atoms with Gasteiger partial charge >= 0.3 is 0 Å². The maximum atomic E-state index is 10.1. The molecule has 2 aliphatic rings. The standard InChI is InChI=1S/C31H33ClN4O5Si/c1-42(2,3)13-12-38-15-22-25(32)26(21-10-8-20(9-11-21)19-6-4-18(14-33)5-7-19)34-30-27(22)35-31(36-30)41-24-17-40-28-23(37)16-39-29(24)28/h4-11,23-24,28-29,37H,12-13,15-17H2,1-3H3,(H,34,35,36)/t23-,24-,28-,29-/m1/s1. The maximum absolute atomic E-state index is 10.1. The van der Waals surface area contributed by atoms with Crippen LogP contribution in [0.1, 0.15) is 11.1 Å². The summed E-state index contributed by atoms with van der Waals surface area (Å²) in [6.07, 6.45) is -1.83. The Hall–Kier alpha value is -3.30. The molecule has 0 saturated carbocycles. The molecule has 218 valence electrons. The van der Waals surface area contributed by atoms with E-state index in [1.54, 1.807) is 12.1 Å². The number of imidazole rings is 1. The van der Waals surface area contributed by atoms with Crippen LogP contribution in [0.25, 0.3) is 33.5 Å². The fraction of sp³-hybridized carbons (Fsp3) is 0.387. The number of aliphatic hydroxyl groups is 1. The fourth-order valence-electron chi connectivity index (χ4n) is 5.22. The molecule has 4 heterocycles. The highest BCUT2D eigenvalue weighted by molar-refractivity contribution is 6.76. The van der Waals surface area contributed by atoms with Crippen molar-refractivity contribution < 1.29 is 24.1 Å². The van der Waals surface area contributed by atoms with Gasteiger partial charge in [0.05, 0.1) is 47.7 Å². The average molecular weight is 605 g/mol. The Bertz CT molecular complexity index is 1610. The Morgan fingerprint density at radius 3 is 2.36 bits per heavy atom. The topological polar surface area (TPSA) is 123 Å². The minimum atomic E-state index is -1.27. The van der Waals surface area contributed by atoms with E-state index in [9.17, 15) is 5.11 Å². The van der Waals surface area contributed by atoms with E-state index in [4.69, 9.17) is 40.8 Å². The molecule has 0 spiro atoms. The Morgan fingerprint density at radius 1 is 1.00 bits per heavy atom. The number of benzene rings is 2. The van der Waals surface area contributed by atoms with E-state index >= 15 is 0 Å². The average Bonchev–Trinajstić information content (AvgIpc) is 3.68. The minimum Gasteiger partial charge on any atom is -0.456 e. The lowest BCUT2D eigenvalue weighted by Crippen LogP contribution is -2.34. The molecule has 0 radical (unpaired) electrons. The lowest BCUT2D eigenvalue weighted by Gasteiger charge is -2.16. The first-order valence-electron chi connectivity index (χ1n) is 14.0. The molecule has 4 aromatic rings. The smallest absolute Gasteiger partial charge is 0.296 e. The molecular weight excluding hydrogens is 572 g/mol. The molecule has 0 amide bonds. The summed E-state index contributed by atoms with van der Waals surface area (Å²) in [5.74, 6) is 0. The first-order valence-corrected chi connectivity index (χ1v) is 18.1. The SMILES string of the molecule is C[Si](C)(C)CCOCc1c(Cl)c(-c2ccc(-c3ccc(C#N)cc3)cc2)nc2nc(O[C@@H]3CO[C@H]4[C@@H]3OC[C@H]4O)[nH]c12. The van der Waals surface area contributed by atoms with Crippen LogP contribution in [0.5, 0.6) is 6.01 Å². The second-order valence-corrected chi connectivity index (χ2v) is 17.9. The Kier molecular flexibility index (Phi) is 8.07. The molecule has 2 aromatic heterocycles. The number of hydrogen-bond acceptors (Lipinski definition) is 8. The van der Waals surface area contributed by atoms with E-state index in [-0.39, 0.29) is 18.7 Å². The molecule has 2 saturated heterocycles. The van der Waals surface area contributed by atoms with Crippen LogP contribution in [0.2, 0.25) is 30.7 Å². The van der Waals surface area contributed by atoms with Gasteiger partial charge < -0.3 is 29.0 Å². The van der Waals surface area contributed by atoms with Crippen LogP contribution in [0.4, 0.5) is 0 Å². The molecule has 2 aromatic carbocycles. The number of aromatic nitrogens is 3. The third kappa shape index (κ3) is 5.94. The predicted molar refractivity (Wildman–Crippen MR) is 162 cm³/mol. The number of hydrogen-bond donors (Lipinski definition) is 2.